The van der Waals surface area contributed by atoms with E-state index in [0.29, 0.717) is 16.4 Å². The first-order valence-electron chi connectivity index (χ1n) is 5.79. The highest BCUT2D eigenvalue weighted by Crippen LogP contribution is 2.23. The van der Waals surface area contributed by atoms with Crippen LogP contribution < -0.4 is 11.1 Å². The number of nitrogens with two attached hydrogens (primary N) is 1. The second-order valence-electron chi connectivity index (χ2n) is 4.45. The molecule has 3 N–H and O–H groups in total. The maximum atomic E-state index is 11.7. The number of anilines is 2. The molecular formula is C12H17ClN2O3S. The molecule has 7 heteroatoms. The maximum Gasteiger partial charge on any atom is 0.225 e. The normalized spacial score (nSPS) is 11.6. The van der Waals surface area contributed by atoms with E-state index in [1.54, 1.807) is 26.0 Å². The Hall–Kier alpha value is -1.27. The van der Waals surface area contributed by atoms with Crippen LogP contribution >= 0.6 is 11.6 Å². The Morgan fingerprint density at radius 2 is 2.05 bits per heavy atom. The number of nitrogens with one attached hydrogen (secondary N) is 1. The van der Waals surface area contributed by atoms with Crippen molar-refractivity contribution in [3.05, 3.63) is 23.2 Å². The van der Waals surface area contributed by atoms with E-state index in [9.17, 15) is 13.2 Å². The molecule has 1 amide bonds. The van der Waals surface area contributed by atoms with Gasteiger partial charge in [-0.3, -0.25) is 4.79 Å². The van der Waals surface area contributed by atoms with Gasteiger partial charge in [-0.25, -0.2) is 8.42 Å². The maximum absolute atomic E-state index is 11.7. The molecule has 1 aromatic carbocycles. The van der Waals surface area contributed by atoms with Crippen LogP contribution in [0, 0.1) is 0 Å². The second-order valence-corrected chi connectivity index (χ2v) is 7.56. The number of benzene rings is 1. The van der Waals surface area contributed by atoms with Crippen LogP contribution in [0.1, 0.15) is 20.3 Å². The SMILES string of the molecule is CC(C)S(=O)(=O)CCC(=O)Nc1cc(Cl)ccc1N. The fourth-order valence-electron chi connectivity index (χ4n) is 1.32. The third kappa shape index (κ3) is 4.72. The zero-order chi connectivity index (χ0) is 14.6. The van der Waals surface area contributed by atoms with E-state index in [4.69, 9.17) is 17.3 Å². The predicted molar refractivity (Wildman–Crippen MR) is 78.0 cm³/mol. The van der Waals surface area contributed by atoms with Crippen LogP contribution in [0.2, 0.25) is 5.02 Å². The molecule has 0 fully saturated rings. The third-order valence-corrected chi connectivity index (χ3v) is 5.07. The first-order chi connectivity index (χ1) is 8.72. The van der Waals surface area contributed by atoms with Gasteiger partial charge >= 0.3 is 0 Å². The summed E-state index contributed by atoms with van der Waals surface area (Å²) < 4.78 is 23.2. The minimum absolute atomic E-state index is 0.105. The van der Waals surface area contributed by atoms with Gasteiger partial charge in [0.2, 0.25) is 5.91 Å². The molecule has 19 heavy (non-hydrogen) atoms. The van der Waals surface area contributed by atoms with Gasteiger partial charge in [0, 0.05) is 11.4 Å². The van der Waals surface area contributed by atoms with Gasteiger partial charge in [0.05, 0.1) is 22.4 Å². The molecule has 0 aliphatic heterocycles. The van der Waals surface area contributed by atoms with Crippen molar-refractivity contribution >= 4 is 38.7 Å². The van der Waals surface area contributed by atoms with Gasteiger partial charge in [0.1, 0.15) is 0 Å². The van der Waals surface area contributed by atoms with E-state index in [-0.39, 0.29) is 12.2 Å². The average Bonchev–Trinajstić information content (AvgIpc) is 2.31. The van der Waals surface area contributed by atoms with Crippen LogP contribution in [0.5, 0.6) is 0 Å². The molecule has 0 saturated carbocycles. The molecule has 106 valence electrons. The zero-order valence-electron chi connectivity index (χ0n) is 10.8. The number of hydrogen-bond donors (Lipinski definition) is 2. The lowest BCUT2D eigenvalue weighted by Crippen LogP contribution is -2.22. The standard InChI is InChI=1S/C12H17ClN2O3S/c1-8(2)19(17,18)6-5-12(16)15-11-7-9(13)3-4-10(11)14/h3-4,7-8H,5-6,14H2,1-2H3,(H,15,16). The van der Waals surface area contributed by atoms with Crippen molar-refractivity contribution in [3.8, 4) is 0 Å². The lowest BCUT2D eigenvalue weighted by Gasteiger charge is -2.10. The van der Waals surface area contributed by atoms with Crippen molar-refractivity contribution < 1.29 is 13.2 Å². The highest BCUT2D eigenvalue weighted by Gasteiger charge is 2.18. The summed E-state index contributed by atoms with van der Waals surface area (Å²) in [5, 5.41) is 2.50. The van der Waals surface area contributed by atoms with Crippen LogP contribution in [0.15, 0.2) is 18.2 Å². The van der Waals surface area contributed by atoms with Crippen molar-refractivity contribution in [2.24, 2.45) is 0 Å². The Kier molecular flexibility index (Phi) is 5.20. The molecule has 0 heterocycles. The van der Waals surface area contributed by atoms with Gasteiger partial charge in [-0.05, 0) is 32.0 Å². The summed E-state index contributed by atoms with van der Waals surface area (Å²) >= 11 is 5.79. The smallest absolute Gasteiger partial charge is 0.225 e. The van der Waals surface area contributed by atoms with Gasteiger partial charge in [0.25, 0.3) is 0 Å². The Morgan fingerprint density at radius 3 is 2.63 bits per heavy atom. The van der Waals surface area contributed by atoms with Gasteiger partial charge in [-0.1, -0.05) is 11.6 Å². The number of rotatable bonds is 5. The third-order valence-electron chi connectivity index (χ3n) is 2.62. The van der Waals surface area contributed by atoms with Crippen molar-refractivity contribution in [2.75, 3.05) is 16.8 Å². The highest BCUT2D eigenvalue weighted by molar-refractivity contribution is 7.91. The molecular weight excluding hydrogens is 288 g/mol. The Balaban J connectivity index is 2.64. The number of amides is 1. The largest absolute Gasteiger partial charge is 0.397 e. The summed E-state index contributed by atoms with van der Waals surface area (Å²) in [5.74, 6) is -0.588. The van der Waals surface area contributed by atoms with Gasteiger partial charge in [-0.15, -0.1) is 0 Å². The molecule has 1 aromatic rings. The number of nitrogen functional groups attached to an aromatic ring is 1. The molecule has 0 aromatic heterocycles. The summed E-state index contributed by atoms with van der Waals surface area (Å²) in [5.41, 5.74) is 6.44. The summed E-state index contributed by atoms with van der Waals surface area (Å²) in [4.78, 5) is 11.7. The first-order valence-corrected chi connectivity index (χ1v) is 7.88. The van der Waals surface area contributed by atoms with Crippen LogP contribution in [-0.4, -0.2) is 25.3 Å². The number of hydrogen-bond acceptors (Lipinski definition) is 4. The molecule has 0 saturated heterocycles. The van der Waals surface area contributed by atoms with E-state index >= 15 is 0 Å². The molecule has 0 bridgehead atoms. The molecule has 0 spiro atoms. The van der Waals surface area contributed by atoms with Gasteiger partial charge < -0.3 is 11.1 Å². The zero-order valence-corrected chi connectivity index (χ0v) is 12.4. The molecule has 0 radical (unpaired) electrons. The Morgan fingerprint density at radius 1 is 1.42 bits per heavy atom. The predicted octanol–water partition coefficient (Wildman–Crippen LogP) is 2.07. The van der Waals surface area contributed by atoms with Crippen molar-refractivity contribution in [2.45, 2.75) is 25.5 Å². The van der Waals surface area contributed by atoms with Crippen LogP contribution in [0.25, 0.3) is 0 Å². The topological polar surface area (TPSA) is 89.3 Å². The van der Waals surface area contributed by atoms with Crippen molar-refractivity contribution in [3.63, 3.8) is 0 Å². The number of halogens is 1. The Bertz CT molecular complexity index is 570. The summed E-state index contributed by atoms with van der Waals surface area (Å²) in [6.45, 7) is 3.17. The molecule has 5 nitrogen and oxygen atoms in total. The van der Waals surface area contributed by atoms with Crippen LogP contribution in [0.3, 0.4) is 0 Å². The van der Waals surface area contributed by atoms with Crippen LogP contribution in [-0.2, 0) is 14.6 Å². The highest BCUT2D eigenvalue weighted by atomic mass is 35.5. The second kappa shape index (κ2) is 6.25. The minimum atomic E-state index is -3.22. The van der Waals surface area contributed by atoms with E-state index in [1.165, 1.54) is 6.07 Å². The summed E-state index contributed by atoms with van der Waals surface area (Å²) in [7, 11) is -3.22. The number of carbonyl (C=O) groups is 1. The van der Waals surface area contributed by atoms with E-state index in [0.717, 1.165) is 0 Å². The van der Waals surface area contributed by atoms with E-state index in [1.807, 2.05) is 0 Å². The van der Waals surface area contributed by atoms with Gasteiger partial charge in [0.15, 0.2) is 9.84 Å². The summed E-state index contributed by atoms with van der Waals surface area (Å²) in [6.07, 6.45) is -0.105. The lowest BCUT2D eigenvalue weighted by molar-refractivity contribution is -0.115. The first kappa shape index (κ1) is 15.8. The fourth-order valence-corrected chi connectivity index (χ4v) is 2.43. The monoisotopic (exact) mass is 304 g/mol. The molecule has 0 unspecified atom stereocenters. The summed E-state index contributed by atoms with van der Waals surface area (Å²) in [6, 6.07) is 4.70. The molecule has 0 atom stereocenters. The minimum Gasteiger partial charge on any atom is -0.397 e. The molecule has 0 aliphatic rings. The quantitative estimate of drug-likeness (QED) is 0.815. The van der Waals surface area contributed by atoms with Crippen LogP contribution in [0.4, 0.5) is 11.4 Å². The lowest BCUT2D eigenvalue weighted by atomic mass is 10.2. The molecule has 0 aliphatic carbocycles. The molecule has 1 rings (SSSR count). The van der Waals surface area contributed by atoms with Gasteiger partial charge in [-0.2, -0.15) is 0 Å². The fraction of sp³-hybridized carbons (Fsp3) is 0.417. The average molecular weight is 305 g/mol. The number of sulfone groups is 1. The van der Waals surface area contributed by atoms with Crippen molar-refractivity contribution in [1.82, 2.24) is 0 Å². The number of carbonyl (C=O) groups excluding carboxylic acids is 1. The van der Waals surface area contributed by atoms with Crippen molar-refractivity contribution in [1.29, 1.82) is 0 Å². The van der Waals surface area contributed by atoms with E-state index in [2.05, 4.69) is 5.32 Å². The Labute approximate surface area is 118 Å². The van der Waals surface area contributed by atoms with E-state index < -0.39 is 21.0 Å².